The number of hydrogen-bond acceptors (Lipinski definition) is 3. The standard InChI is InChI=1S/C14H14FNO2S2/c1-10-2-3-12(15)14(8-10)20(17,18)16-6-4-13-11(9-16)5-7-19-13/h2-3,5,7-8H,4,6,9H2,1H3. The maximum atomic E-state index is 13.9. The van der Waals surface area contributed by atoms with E-state index < -0.39 is 15.8 Å². The predicted molar refractivity (Wildman–Crippen MR) is 76.8 cm³/mol. The van der Waals surface area contributed by atoms with E-state index in [-0.39, 0.29) is 4.90 Å². The largest absolute Gasteiger partial charge is 0.246 e. The van der Waals surface area contributed by atoms with Crippen LogP contribution in [0.5, 0.6) is 0 Å². The molecule has 0 atom stereocenters. The molecule has 0 radical (unpaired) electrons. The van der Waals surface area contributed by atoms with E-state index in [1.807, 2.05) is 11.4 Å². The molecular formula is C14H14FNO2S2. The zero-order chi connectivity index (χ0) is 14.3. The molecule has 1 aromatic carbocycles. The van der Waals surface area contributed by atoms with Crippen LogP contribution < -0.4 is 0 Å². The number of benzene rings is 1. The molecule has 20 heavy (non-hydrogen) atoms. The van der Waals surface area contributed by atoms with Gasteiger partial charge in [0.25, 0.3) is 0 Å². The molecule has 3 nitrogen and oxygen atoms in total. The Hall–Kier alpha value is -1.24. The monoisotopic (exact) mass is 311 g/mol. The highest BCUT2D eigenvalue weighted by atomic mass is 32.2. The van der Waals surface area contributed by atoms with Gasteiger partial charge in [-0.05, 0) is 48.1 Å². The van der Waals surface area contributed by atoms with Gasteiger partial charge in [-0.2, -0.15) is 4.31 Å². The summed E-state index contributed by atoms with van der Waals surface area (Å²) in [6.45, 7) is 2.49. The van der Waals surface area contributed by atoms with Gasteiger partial charge in [-0.15, -0.1) is 11.3 Å². The molecule has 0 saturated carbocycles. The molecule has 106 valence electrons. The number of aryl methyl sites for hydroxylation is 1. The van der Waals surface area contributed by atoms with Crippen molar-refractivity contribution in [1.29, 1.82) is 0 Å². The minimum atomic E-state index is -3.77. The Bertz CT molecular complexity index is 752. The van der Waals surface area contributed by atoms with Crippen LogP contribution >= 0.6 is 11.3 Å². The van der Waals surface area contributed by atoms with Crippen LogP contribution in [0.2, 0.25) is 0 Å². The Morgan fingerprint density at radius 2 is 2.10 bits per heavy atom. The Labute approximate surface area is 121 Å². The fourth-order valence-electron chi connectivity index (χ4n) is 2.38. The maximum Gasteiger partial charge on any atom is 0.246 e. The van der Waals surface area contributed by atoms with E-state index in [0.29, 0.717) is 19.5 Å². The fourth-order valence-corrected chi connectivity index (χ4v) is 4.83. The molecule has 0 unspecified atom stereocenters. The minimum Gasteiger partial charge on any atom is -0.207 e. The van der Waals surface area contributed by atoms with Crippen LogP contribution in [0.1, 0.15) is 16.0 Å². The highest BCUT2D eigenvalue weighted by Gasteiger charge is 2.30. The molecule has 1 aromatic heterocycles. The summed E-state index contributed by atoms with van der Waals surface area (Å²) in [6.07, 6.45) is 0.694. The smallest absolute Gasteiger partial charge is 0.207 e. The van der Waals surface area contributed by atoms with E-state index in [1.54, 1.807) is 24.3 Å². The van der Waals surface area contributed by atoms with Gasteiger partial charge >= 0.3 is 0 Å². The van der Waals surface area contributed by atoms with E-state index in [9.17, 15) is 12.8 Å². The molecule has 0 N–H and O–H groups in total. The zero-order valence-corrected chi connectivity index (χ0v) is 12.6. The predicted octanol–water partition coefficient (Wildman–Crippen LogP) is 2.94. The Kier molecular flexibility index (Phi) is 3.40. The molecule has 3 rings (SSSR count). The number of nitrogens with zero attached hydrogens (tertiary/aromatic N) is 1. The molecule has 2 heterocycles. The van der Waals surface area contributed by atoms with Crippen molar-refractivity contribution in [3.05, 3.63) is 51.5 Å². The number of thiophene rings is 1. The topological polar surface area (TPSA) is 37.4 Å². The van der Waals surface area contributed by atoms with Crippen molar-refractivity contribution in [3.8, 4) is 0 Å². The SMILES string of the molecule is Cc1ccc(F)c(S(=O)(=O)N2CCc3sccc3C2)c1. The van der Waals surface area contributed by atoms with Gasteiger partial charge in [0.05, 0.1) is 0 Å². The van der Waals surface area contributed by atoms with Crippen molar-refractivity contribution in [1.82, 2.24) is 4.31 Å². The van der Waals surface area contributed by atoms with Crippen LogP contribution in [0.3, 0.4) is 0 Å². The Morgan fingerprint density at radius 3 is 2.90 bits per heavy atom. The minimum absolute atomic E-state index is 0.226. The quantitative estimate of drug-likeness (QED) is 0.855. The number of rotatable bonds is 2. The highest BCUT2D eigenvalue weighted by molar-refractivity contribution is 7.89. The lowest BCUT2D eigenvalue weighted by Crippen LogP contribution is -2.35. The van der Waals surface area contributed by atoms with E-state index in [1.165, 1.54) is 21.3 Å². The van der Waals surface area contributed by atoms with E-state index in [4.69, 9.17) is 0 Å². The normalized spacial score (nSPS) is 16.1. The van der Waals surface area contributed by atoms with E-state index in [2.05, 4.69) is 0 Å². The summed E-state index contributed by atoms with van der Waals surface area (Å²) in [5.41, 5.74) is 1.76. The molecule has 0 spiro atoms. The van der Waals surface area contributed by atoms with Gasteiger partial charge in [-0.1, -0.05) is 6.07 Å². The molecule has 0 fully saturated rings. The summed E-state index contributed by atoms with van der Waals surface area (Å²) in [5, 5.41) is 1.97. The molecule has 1 aliphatic heterocycles. The average molecular weight is 311 g/mol. The fraction of sp³-hybridized carbons (Fsp3) is 0.286. The number of hydrogen-bond donors (Lipinski definition) is 0. The summed E-state index contributed by atoms with van der Waals surface area (Å²) < 4.78 is 40.4. The first-order valence-corrected chi connectivity index (χ1v) is 8.62. The van der Waals surface area contributed by atoms with Gasteiger partial charge in [0.2, 0.25) is 10.0 Å². The first kappa shape index (κ1) is 13.7. The summed E-state index contributed by atoms with van der Waals surface area (Å²) >= 11 is 1.64. The van der Waals surface area contributed by atoms with E-state index >= 15 is 0 Å². The van der Waals surface area contributed by atoms with Gasteiger partial charge in [0.1, 0.15) is 10.7 Å². The summed E-state index contributed by atoms with van der Waals surface area (Å²) in [4.78, 5) is 0.998. The third-order valence-corrected chi connectivity index (χ3v) is 6.36. The van der Waals surface area contributed by atoms with Crippen LogP contribution in [0.15, 0.2) is 34.5 Å². The van der Waals surface area contributed by atoms with E-state index in [0.717, 1.165) is 11.1 Å². The Morgan fingerprint density at radius 1 is 1.30 bits per heavy atom. The van der Waals surface area contributed by atoms with Crippen LogP contribution in [0, 0.1) is 12.7 Å². The molecule has 2 aromatic rings. The lowest BCUT2D eigenvalue weighted by atomic mass is 10.1. The second-order valence-corrected chi connectivity index (χ2v) is 7.80. The number of fused-ring (bicyclic) bond motifs is 1. The lowest BCUT2D eigenvalue weighted by Gasteiger charge is -2.26. The zero-order valence-electron chi connectivity index (χ0n) is 11.0. The number of sulfonamides is 1. The van der Waals surface area contributed by atoms with Gasteiger partial charge < -0.3 is 0 Å². The second-order valence-electron chi connectivity index (χ2n) is 4.89. The third kappa shape index (κ3) is 2.28. The third-order valence-electron chi connectivity index (χ3n) is 3.48. The first-order chi connectivity index (χ1) is 9.48. The average Bonchev–Trinajstić information content (AvgIpc) is 2.88. The van der Waals surface area contributed by atoms with Gasteiger partial charge in [-0.3, -0.25) is 0 Å². The van der Waals surface area contributed by atoms with Crippen molar-refractivity contribution in [2.45, 2.75) is 24.8 Å². The lowest BCUT2D eigenvalue weighted by molar-refractivity contribution is 0.391. The van der Waals surface area contributed by atoms with Crippen LogP contribution in [-0.4, -0.2) is 19.3 Å². The Balaban J connectivity index is 1.99. The molecular weight excluding hydrogens is 297 g/mol. The van der Waals surface area contributed by atoms with Gasteiger partial charge in [-0.25, -0.2) is 12.8 Å². The van der Waals surface area contributed by atoms with Crippen LogP contribution in [0.4, 0.5) is 4.39 Å². The molecule has 0 bridgehead atoms. The van der Waals surface area contributed by atoms with Crippen LogP contribution in [0.25, 0.3) is 0 Å². The van der Waals surface area contributed by atoms with Crippen LogP contribution in [-0.2, 0) is 23.0 Å². The molecule has 6 heteroatoms. The summed E-state index contributed by atoms with van der Waals surface area (Å²) in [7, 11) is -3.77. The van der Waals surface area contributed by atoms with Gasteiger partial charge in [0.15, 0.2) is 0 Å². The molecule has 0 saturated heterocycles. The highest BCUT2D eigenvalue weighted by Crippen LogP contribution is 2.29. The second kappa shape index (κ2) is 4.95. The molecule has 1 aliphatic rings. The summed E-state index contributed by atoms with van der Waals surface area (Å²) in [6, 6.07) is 6.12. The van der Waals surface area contributed by atoms with Crippen molar-refractivity contribution in [3.63, 3.8) is 0 Å². The van der Waals surface area contributed by atoms with Crippen molar-refractivity contribution in [2.24, 2.45) is 0 Å². The van der Waals surface area contributed by atoms with Crippen molar-refractivity contribution >= 4 is 21.4 Å². The maximum absolute atomic E-state index is 13.9. The summed E-state index contributed by atoms with van der Waals surface area (Å²) in [5.74, 6) is -0.688. The molecule has 0 aliphatic carbocycles. The van der Waals surface area contributed by atoms with Crippen molar-refractivity contribution < 1.29 is 12.8 Å². The first-order valence-electron chi connectivity index (χ1n) is 6.30. The van der Waals surface area contributed by atoms with Crippen molar-refractivity contribution in [2.75, 3.05) is 6.54 Å². The van der Waals surface area contributed by atoms with Gasteiger partial charge in [0, 0.05) is 18.0 Å². The molecule has 0 amide bonds. The number of halogens is 1.